The molecule has 45 heavy (non-hydrogen) atoms. The molecule has 0 spiro atoms. The highest BCUT2D eigenvalue weighted by Crippen LogP contribution is 2.53. The molecule has 2 unspecified atom stereocenters. The van der Waals surface area contributed by atoms with E-state index in [-0.39, 0.29) is 24.0 Å². The lowest BCUT2D eigenvalue weighted by atomic mass is 9.83. The van der Waals surface area contributed by atoms with Gasteiger partial charge in [-0.2, -0.15) is 0 Å². The van der Waals surface area contributed by atoms with Crippen molar-refractivity contribution in [1.82, 2.24) is 9.88 Å². The Kier molecular flexibility index (Phi) is 8.99. The minimum Gasteiger partial charge on any atom is -0.490 e. The van der Waals surface area contributed by atoms with Crippen LogP contribution >= 0.6 is 23.1 Å². The average molecular weight is 652 g/mol. The van der Waals surface area contributed by atoms with Gasteiger partial charge in [-0.3, -0.25) is 19.2 Å². The fourth-order valence-corrected chi connectivity index (χ4v) is 8.59. The first-order valence-electron chi connectivity index (χ1n) is 15.0. The number of rotatable bonds is 9. The SMILES string of the molecule is CCOC(=O)c1ccc(N2C(=O)C3Sc4[nH]c(=O)sc4[C@H](c4ccc(OCC(=O)N5CCCCC5)c(OCC)c4)C3C2=O)cc1. The maximum absolute atomic E-state index is 14.1. The van der Waals surface area contributed by atoms with Crippen LogP contribution in [0.3, 0.4) is 0 Å². The number of thiazole rings is 1. The van der Waals surface area contributed by atoms with E-state index in [9.17, 15) is 24.0 Å². The molecule has 1 aromatic heterocycles. The van der Waals surface area contributed by atoms with E-state index in [1.807, 2.05) is 11.8 Å². The summed E-state index contributed by atoms with van der Waals surface area (Å²) in [5, 5.41) is -0.221. The molecular weight excluding hydrogens is 618 g/mol. The van der Waals surface area contributed by atoms with Gasteiger partial charge in [0.15, 0.2) is 18.1 Å². The summed E-state index contributed by atoms with van der Waals surface area (Å²) >= 11 is 2.20. The summed E-state index contributed by atoms with van der Waals surface area (Å²) in [6.45, 7) is 5.44. The van der Waals surface area contributed by atoms with Crippen LogP contribution in [0.1, 0.15) is 59.8 Å². The van der Waals surface area contributed by atoms with Gasteiger partial charge in [-0.1, -0.05) is 29.2 Å². The molecular formula is C32H33N3O8S2. The molecule has 3 aliphatic rings. The normalized spacial score (nSPS) is 20.9. The third kappa shape index (κ3) is 5.98. The van der Waals surface area contributed by atoms with Crippen LogP contribution in [0.15, 0.2) is 52.3 Å². The molecule has 1 N–H and O–H groups in total. The number of esters is 1. The van der Waals surface area contributed by atoms with Crippen LogP contribution in [0.25, 0.3) is 0 Å². The fraction of sp³-hybridized carbons (Fsp3) is 0.406. The fourth-order valence-electron chi connectivity index (χ4n) is 6.07. The number of H-pyrrole nitrogens is 1. The standard InChI is InChI=1S/C32H33N3O8S2/c1-3-41-22-16-19(10-13-21(22)43-17-23(36)34-14-6-5-7-15-34)24-25-27(44-28-26(24)45-32(40)33-28)30(38)35(29(25)37)20-11-8-18(9-12-20)31(39)42-4-2/h8-13,16,24-25,27H,3-7,14-15,17H2,1-2H3,(H,33,40)/t24-,25?,27?/m1/s1. The number of carbonyl (C=O) groups excluding carboxylic acids is 4. The molecule has 0 bridgehead atoms. The highest BCUT2D eigenvalue weighted by molar-refractivity contribution is 8.00. The minimum absolute atomic E-state index is 0.0828. The van der Waals surface area contributed by atoms with Crippen LogP contribution in [0.2, 0.25) is 0 Å². The van der Waals surface area contributed by atoms with Crippen molar-refractivity contribution < 1.29 is 33.4 Å². The Balaban J connectivity index is 1.31. The number of aromatic nitrogens is 1. The number of piperidine rings is 1. The lowest BCUT2D eigenvalue weighted by molar-refractivity contribution is -0.134. The molecule has 11 nitrogen and oxygen atoms in total. The summed E-state index contributed by atoms with van der Waals surface area (Å²) in [7, 11) is 0. The molecule has 4 heterocycles. The lowest BCUT2D eigenvalue weighted by Crippen LogP contribution is -2.38. The van der Waals surface area contributed by atoms with Crippen molar-refractivity contribution in [2.75, 3.05) is 37.8 Å². The van der Waals surface area contributed by atoms with Crippen LogP contribution in [0.5, 0.6) is 11.5 Å². The van der Waals surface area contributed by atoms with Gasteiger partial charge in [0.2, 0.25) is 11.8 Å². The Bertz CT molecular complexity index is 1680. The number of hydrogen-bond acceptors (Lipinski definition) is 10. The number of aromatic amines is 1. The second kappa shape index (κ2) is 13.1. The number of thioether (sulfide) groups is 1. The predicted octanol–water partition coefficient (Wildman–Crippen LogP) is 4.20. The molecule has 0 aliphatic carbocycles. The van der Waals surface area contributed by atoms with Crippen LogP contribution in [-0.2, 0) is 19.1 Å². The monoisotopic (exact) mass is 651 g/mol. The summed E-state index contributed by atoms with van der Waals surface area (Å²) in [6, 6.07) is 11.4. The average Bonchev–Trinajstić information content (AvgIpc) is 3.54. The zero-order valence-electron chi connectivity index (χ0n) is 24.9. The van der Waals surface area contributed by atoms with Crippen molar-refractivity contribution >= 4 is 52.5 Å². The van der Waals surface area contributed by atoms with E-state index in [0.29, 0.717) is 44.8 Å². The van der Waals surface area contributed by atoms with E-state index in [1.165, 1.54) is 23.9 Å². The molecule has 2 saturated heterocycles. The first-order chi connectivity index (χ1) is 21.8. The van der Waals surface area contributed by atoms with Gasteiger partial charge >= 0.3 is 10.8 Å². The second-order valence-electron chi connectivity index (χ2n) is 10.9. The zero-order chi connectivity index (χ0) is 31.7. The van der Waals surface area contributed by atoms with E-state index in [1.54, 1.807) is 37.3 Å². The smallest absolute Gasteiger partial charge is 0.338 e. The van der Waals surface area contributed by atoms with Crippen molar-refractivity contribution in [3.05, 3.63) is 68.1 Å². The van der Waals surface area contributed by atoms with E-state index in [2.05, 4.69) is 4.98 Å². The quantitative estimate of drug-likeness (QED) is 0.267. The van der Waals surface area contributed by atoms with Crippen molar-refractivity contribution in [3.8, 4) is 11.5 Å². The summed E-state index contributed by atoms with van der Waals surface area (Å²) in [5.41, 5.74) is 1.34. The van der Waals surface area contributed by atoms with Gasteiger partial charge < -0.3 is 24.1 Å². The third-order valence-corrected chi connectivity index (χ3v) is 10.5. The minimum atomic E-state index is -0.798. The number of nitrogens with one attached hydrogen (secondary N) is 1. The Morgan fingerprint density at radius 3 is 2.38 bits per heavy atom. The summed E-state index contributed by atoms with van der Waals surface area (Å²) in [5.74, 6) is -1.98. The number of imide groups is 1. The largest absolute Gasteiger partial charge is 0.490 e. The molecule has 3 aliphatic heterocycles. The summed E-state index contributed by atoms with van der Waals surface area (Å²) in [4.78, 5) is 71.5. The topological polar surface area (TPSA) is 135 Å². The number of hydrogen-bond donors (Lipinski definition) is 1. The predicted molar refractivity (Wildman–Crippen MR) is 168 cm³/mol. The van der Waals surface area contributed by atoms with E-state index in [0.717, 1.165) is 48.6 Å². The van der Waals surface area contributed by atoms with Gasteiger partial charge in [0.25, 0.3) is 5.91 Å². The Morgan fingerprint density at radius 2 is 1.67 bits per heavy atom. The molecule has 3 atom stereocenters. The van der Waals surface area contributed by atoms with Crippen LogP contribution in [0, 0.1) is 5.92 Å². The van der Waals surface area contributed by atoms with Crippen molar-refractivity contribution in [3.63, 3.8) is 0 Å². The zero-order valence-corrected chi connectivity index (χ0v) is 26.5. The van der Waals surface area contributed by atoms with Crippen molar-refractivity contribution in [1.29, 1.82) is 0 Å². The molecule has 3 amide bonds. The molecule has 3 aromatic rings. The third-order valence-electron chi connectivity index (χ3n) is 8.15. The second-order valence-corrected chi connectivity index (χ2v) is 13.1. The maximum Gasteiger partial charge on any atom is 0.338 e. The highest BCUT2D eigenvalue weighted by Gasteiger charge is 2.56. The van der Waals surface area contributed by atoms with Crippen LogP contribution < -0.4 is 19.2 Å². The number of fused-ring (bicyclic) bond motifs is 2. The number of nitrogens with zero attached hydrogens (tertiary/aromatic N) is 2. The Morgan fingerprint density at radius 1 is 0.911 bits per heavy atom. The highest BCUT2D eigenvalue weighted by atomic mass is 32.2. The first-order valence-corrected chi connectivity index (χ1v) is 16.7. The number of likely N-dealkylation sites (tertiary alicyclic amines) is 1. The summed E-state index contributed by atoms with van der Waals surface area (Å²) in [6.07, 6.45) is 3.09. The number of ether oxygens (including phenoxy) is 3. The molecule has 0 radical (unpaired) electrons. The molecule has 2 fully saturated rings. The van der Waals surface area contributed by atoms with Gasteiger partial charge in [-0.25, -0.2) is 9.69 Å². The molecule has 0 saturated carbocycles. The lowest BCUT2D eigenvalue weighted by Gasteiger charge is -2.30. The van der Waals surface area contributed by atoms with Crippen LogP contribution in [0.4, 0.5) is 5.69 Å². The Hall–Kier alpha value is -4.10. The Labute approximate surface area is 267 Å². The first kappa shape index (κ1) is 30.9. The molecule has 236 valence electrons. The molecule has 2 aromatic carbocycles. The summed E-state index contributed by atoms with van der Waals surface area (Å²) < 4.78 is 16.9. The van der Waals surface area contributed by atoms with E-state index >= 15 is 0 Å². The van der Waals surface area contributed by atoms with Gasteiger partial charge in [-0.15, -0.1) is 0 Å². The number of anilines is 1. The van der Waals surface area contributed by atoms with E-state index < -0.39 is 34.9 Å². The number of benzene rings is 2. The van der Waals surface area contributed by atoms with Crippen molar-refractivity contribution in [2.24, 2.45) is 5.92 Å². The van der Waals surface area contributed by atoms with Gasteiger partial charge in [0, 0.05) is 23.9 Å². The van der Waals surface area contributed by atoms with E-state index in [4.69, 9.17) is 14.2 Å². The maximum atomic E-state index is 14.1. The molecule has 6 rings (SSSR count). The number of amides is 3. The van der Waals surface area contributed by atoms with Gasteiger partial charge in [0.05, 0.1) is 35.4 Å². The molecule has 13 heteroatoms. The van der Waals surface area contributed by atoms with Gasteiger partial charge in [0.1, 0.15) is 5.25 Å². The number of carbonyl (C=O) groups is 4. The van der Waals surface area contributed by atoms with Gasteiger partial charge in [-0.05, 0) is 75.1 Å². The van der Waals surface area contributed by atoms with Crippen LogP contribution in [-0.4, -0.2) is 71.7 Å². The van der Waals surface area contributed by atoms with Crippen molar-refractivity contribution in [2.45, 2.75) is 49.3 Å².